The molecule has 3 heteroatoms. The lowest BCUT2D eigenvalue weighted by Gasteiger charge is -2.20. The normalized spacial score (nSPS) is 12.5. The van der Waals surface area contributed by atoms with Crippen LogP contribution < -0.4 is 4.74 Å². The van der Waals surface area contributed by atoms with Crippen LogP contribution in [0.3, 0.4) is 0 Å². The van der Waals surface area contributed by atoms with Gasteiger partial charge in [0.1, 0.15) is 12.4 Å². The highest BCUT2D eigenvalue weighted by Gasteiger charge is 2.31. The number of hydrogen-bond donors (Lipinski definition) is 0. The number of hydrogen-bond acceptors (Lipinski definition) is 3. The van der Waals surface area contributed by atoms with Crippen LogP contribution in [0.2, 0.25) is 0 Å². The monoisotopic (exact) mass is 306 g/mol. The maximum atomic E-state index is 12.8. The highest BCUT2D eigenvalue weighted by Crippen LogP contribution is 2.33. The Balaban J connectivity index is 2.06. The Bertz CT molecular complexity index is 840. The van der Waals surface area contributed by atoms with Crippen LogP contribution in [0.4, 0.5) is 0 Å². The molecule has 3 rings (SSSR count). The molecule has 0 radical (unpaired) electrons. The molecule has 0 aromatic heterocycles. The fraction of sp³-hybridized carbons (Fsp3) is 0.200. The molecule has 0 atom stereocenters. The summed E-state index contributed by atoms with van der Waals surface area (Å²) in [6.45, 7) is 6.28. The van der Waals surface area contributed by atoms with Gasteiger partial charge in [-0.15, -0.1) is 0 Å². The molecule has 1 aliphatic carbocycles. The first kappa shape index (κ1) is 15.2. The molecule has 0 N–H and O–H groups in total. The molecule has 3 nitrogen and oxygen atoms in total. The van der Waals surface area contributed by atoms with Crippen LogP contribution in [0.15, 0.2) is 48.0 Å². The van der Waals surface area contributed by atoms with E-state index >= 15 is 0 Å². The summed E-state index contributed by atoms with van der Waals surface area (Å²) < 4.78 is 5.75. The second kappa shape index (κ2) is 5.84. The molecule has 1 aliphatic rings. The Hall–Kier alpha value is -2.68. The van der Waals surface area contributed by atoms with Crippen molar-refractivity contribution in [2.75, 3.05) is 6.61 Å². The summed E-state index contributed by atoms with van der Waals surface area (Å²) in [5.41, 5.74) is 3.75. The fourth-order valence-corrected chi connectivity index (χ4v) is 2.79. The summed E-state index contributed by atoms with van der Waals surface area (Å²) in [4.78, 5) is 25.4. The van der Waals surface area contributed by atoms with Crippen LogP contribution in [0.5, 0.6) is 5.75 Å². The first-order valence-corrected chi connectivity index (χ1v) is 7.59. The Kier molecular flexibility index (Phi) is 3.87. The predicted molar refractivity (Wildman–Crippen MR) is 89.4 cm³/mol. The number of fused-ring (bicyclic) bond motifs is 2. The minimum atomic E-state index is -0.111. The van der Waals surface area contributed by atoms with E-state index < -0.39 is 0 Å². The molecule has 2 aromatic carbocycles. The summed E-state index contributed by atoms with van der Waals surface area (Å²) in [5, 5.41) is 0. The van der Waals surface area contributed by atoms with Gasteiger partial charge in [-0.2, -0.15) is 0 Å². The van der Waals surface area contributed by atoms with Crippen molar-refractivity contribution < 1.29 is 14.3 Å². The molecule has 116 valence electrons. The van der Waals surface area contributed by atoms with E-state index in [1.165, 1.54) is 5.57 Å². The minimum Gasteiger partial charge on any atom is -0.489 e. The van der Waals surface area contributed by atoms with Gasteiger partial charge >= 0.3 is 0 Å². The lowest BCUT2D eigenvalue weighted by Crippen LogP contribution is -2.22. The Morgan fingerprint density at radius 1 is 0.957 bits per heavy atom. The summed E-state index contributed by atoms with van der Waals surface area (Å²) in [7, 11) is 0. The van der Waals surface area contributed by atoms with Gasteiger partial charge in [0.25, 0.3) is 0 Å². The summed E-state index contributed by atoms with van der Waals surface area (Å²) in [6.07, 6.45) is 1.97. The van der Waals surface area contributed by atoms with Gasteiger partial charge in [-0.1, -0.05) is 29.8 Å². The lowest BCUT2D eigenvalue weighted by molar-refractivity contribution is 0.0978. The van der Waals surface area contributed by atoms with Crippen LogP contribution in [0, 0.1) is 6.92 Å². The number of carbonyl (C=O) groups is 2. The molecule has 23 heavy (non-hydrogen) atoms. The average Bonchev–Trinajstić information content (AvgIpc) is 2.53. The topological polar surface area (TPSA) is 43.4 Å². The summed E-state index contributed by atoms with van der Waals surface area (Å²) in [6, 6.07) is 10.4. The standard InChI is InChI=1S/C20H18O3/c1-12(2)10-11-23-17-9-8-16-18(13(17)3)20(22)15-7-5-4-6-14(15)19(16)21/h4-10H,11H2,1-3H3. The zero-order valence-corrected chi connectivity index (χ0v) is 13.5. The van der Waals surface area contributed by atoms with Gasteiger partial charge in [0, 0.05) is 27.8 Å². The molecule has 0 aliphatic heterocycles. The third-order valence-electron chi connectivity index (χ3n) is 4.03. The third-order valence-corrected chi connectivity index (χ3v) is 4.03. The lowest BCUT2D eigenvalue weighted by atomic mass is 9.82. The SMILES string of the molecule is CC(C)=CCOc1ccc2c(c1C)C(=O)c1ccccc1C2=O. The quantitative estimate of drug-likeness (QED) is 0.684. The second-order valence-electron chi connectivity index (χ2n) is 5.91. The van der Waals surface area contributed by atoms with E-state index in [1.807, 2.05) is 26.8 Å². The zero-order chi connectivity index (χ0) is 16.6. The van der Waals surface area contributed by atoms with Crippen molar-refractivity contribution in [2.45, 2.75) is 20.8 Å². The second-order valence-corrected chi connectivity index (χ2v) is 5.91. The molecule has 0 fully saturated rings. The van der Waals surface area contributed by atoms with E-state index in [1.54, 1.807) is 36.4 Å². The molecule has 0 bridgehead atoms. The van der Waals surface area contributed by atoms with Crippen molar-refractivity contribution in [3.63, 3.8) is 0 Å². The number of benzene rings is 2. The maximum absolute atomic E-state index is 12.8. The van der Waals surface area contributed by atoms with Crippen molar-refractivity contribution >= 4 is 11.6 Å². The van der Waals surface area contributed by atoms with Crippen LogP contribution in [0.1, 0.15) is 51.3 Å². The van der Waals surface area contributed by atoms with Gasteiger partial charge in [-0.05, 0) is 39.0 Å². The molecule has 0 saturated heterocycles. The van der Waals surface area contributed by atoms with E-state index in [0.717, 1.165) is 5.56 Å². The fourth-order valence-electron chi connectivity index (χ4n) is 2.79. The molecule has 0 unspecified atom stereocenters. The van der Waals surface area contributed by atoms with Gasteiger partial charge in [0.15, 0.2) is 11.6 Å². The Labute approximate surface area is 135 Å². The van der Waals surface area contributed by atoms with E-state index in [2.05, 4.69) is 0 Å². The Morgan fingerprint density at radius 2 is 1.61 bits per heavy atom. The van der Waals surface area contributed by atoms with Crippen molar-refractivity contribution in [1.29, 1.82) is 0 Å². The number of ether oxygens (including phenoxy) is 1. The van der Waals surface area contributed by atoms with E-state index in [-0.39, 0.29) is 11.6 Å². The van der Waals surface area contributed by atoms with E-state index in [4.69, 9.17) is 4.74 Å². The summed E-state index contributed by atoms with van der Waals surface area (Å²) in [5.74, 6) is 0.427. The maximum Gasteiger partial charge on any atom is 0.194 e. The minimum absolute atomic E-state index is 0.103. The van der Waals surface area contributed by atoms with Crippen molar-refractivity contribution in [2.24, 2.45) is 0 Å². The van der Waals surface area contributed by atoms with E-state index in [0.29, 0.717) is 34.6 Å². The van der Waals surface area contributed by atoms with Gasteiger partial charge in [0.05, 0.1) is 0 Å². The largest absolute Gasteiger partial charge is 0.489 e. The highest BCUT2D eigenvalue weighted by atomic mass is 16.5. The number of rotatable bonds is 3. The van der Waals surface area contributed by atoms with Crippen LogP contribution in [-0.4, -0.2) is 18.2 Å². The smallest absolute Gasteiger partial charge is 0.194 e. The number of ketones is 2. The Morgan fingerprint density at radius 3 is 2.26 bits per heavy atom. The van der Waals surface area contributed by atoms with Crippen LogP contribution in [0.25, 0.3) is 0 Å². The number of carbonyl (C=O) groups excluding carboxylic acids is 2. The van der Waals surface area contributed by atoms with Crippen LogP contribution >= 0.6 is 0 Å². The molecule has 0 amide bonds. The van der Waals surface area contributed by atoms with Gasteiger partial charge < -0.3 is 4.74 Å². The molecule has 2 aromatic rings. The van der Waals surface area contributed by atoms with Crippen molar-refractivity contribution in [1.82, 2.24) is 0 Å². The van der Waals surface area contributed by atoms with Gasteiger partial charge in [-0.25, -0.2) is 0 Å². The van der Waals surface area contributed by atoms with Crippen LogP contribution in [-0.2, 0) is 0 Å². The highest BCUT2D eigenvalue weighted by molar-refractivity contribution is 6.29. The summed E-state index contributed by atoms with van der Waals surface area (Å²) >= 11 is 0. The van der Waals surface area contributed by atoms with Gasteiger partial charge in [0.2, 0.25) is 0 Å². The van der Waals surface area contributed by atoms with E-state index in [9.17, 15) is 9.59 Å². The third kappa shape index (κ3) is 2.59. The molecule has 0 spiro atoms. The molecular formula is C20H18O3. The average molecular weight is 306 g/mol. The predicted octanol–water partition coefficient (Wildman–Crippen LogP) is 4.12. The molecular weight excluding hydrogens is 288 g/mol. The van der Waals surface area contributed by atoms with Crippen molar-refractivity contribution in [3.05, 3.63) is 75.9 Å². The first-order valence-electron chi connectivity index (χ1n) is 7.59. The van der Waals surface area contributed by atoms with Crippen molar-refractivity contribution in [3.8, 4) is 5.75 Å². The zero-order valence-electron chi connectivity index (χ0n) is 13.5. The molecule has 0 saturated carbocycles. The first-order chi connectivity index (χ1) is 11.0. The van der Waals surface area contributed by atoms with Gasteiger partial charge in [-0.3, -0.25) is 9.59 Å². The molecule has 0 heterocycles. The number of allylic oxidation sites excluding steroid dienone is 1.